The highest BCUT2D eigenvalue weighted by Gasteiger charge is 2.21. The second-order valence-corrected chi connectivity index (χ2v) is 4.02. The van der Waals surface area contributed by atoms with Gasteiger partial charge in [0.2, 0.25) is 0 Å². The van der Waals surface area contributed by atoms with Gasteiger partial charge in [-0.1, -0.05) is 12.1 Å². The van der Waals surface area contributed by atoms with Crippen LogP contribution in [-0.4, -0.2) is 17.8 Å². The van der Waals surface area contributed by atoms with Crippen molar-refractivity contribution in [2.75, 3.05) is 0 Å². The van der Waals surface area contributed by atoms with Crippen molar-refractivity contribution in [3.05, 3.63) is 29.3 Å². The van der Waals surface area contributed by atoms with Crippen molar-refractivity contribution in [3.63, 3.8) is 0 Å². The van der Waals surface area contributed by atoms with Crippen molar-refractivity contribution in [2.24, 2.45) is 10.7 Å². The lowest BCUT2D eigenvalue weighted by Gasteiger charge is -2.18. The fourth-order valence-electron chi connectivity index (χ4n) is 1.76. The molecule has 1 aromatic carbocycles. The maximum Gasteiger partial charge on any atom is 0.252 e. The number of fused-ring (bicyclic) bond motifs is 1. The van der Waals surface area contributed by atoms with Gasteiger partial charge in [0.15, 0.2) is 0 Å². The molecule has 0 unspecified atom stereocenters. The highest BCUT2D eigenvalue weighted by molar-refractivity contribution is 6.10. The maximum atomic E-state index is 11.3. The minimum absolute atomic E-state index is 0.0666. The lowest BCUT2D eigenvalue weighted by atomic mass is 10.00. The van der Waals surface area contributed by atoms with Crippen LogP contribution in [0.1, 0.15) is 25.0 Å². The van der Waals surface area contributed by atoms with E-state index in [1.807, 2.05) is 32.0 Å². The molecule has 0 spiro atoms. The fourth-order valence-corrected chi connectivity index (χ4v) is 1.76. The molecule has 1 aliphatic heterocycles. The van der Waals surface area contributed by atoms with E-state index in [9.17, 15) is 4.79 Å². The van der Waals surface area contributed by atoms with E-state index in [1.165, 1.54) is 0 Å². The van der Waals surface area contributed by atoms with E-state index in [2.05, 4.69) is 4.99 Å². The molecule has 1 aliphatic rings. The minimum atomic E-state index is -0.202. The smallest absolute Gasteiger partial charge is 0.252 e. The van der Waals surface area contributed by atoms with Gasteiger partial charge in [-0.15, -0.1) is 0 Å². The summed E-state index contributed by atoms with van der Waals surface area (Å²) in [5.41, 5.74) is 7.41. The van der Waals surface area contributed by atoms with E-state index in [0.717, 1.165) is 11.1 Å². The van der Waals surface area contributed by atoms with Crippen LogP contribution in [0, 0.1) is 0 Å². The summed E-state index contributed by atoms with van der Waals surface area (Å²) < 4.78 is 5.65. The van der Waals surface area contributed by atoms with Crippen LogP contribution in [0.5, 0.6) is 5.75 Å². The number of aliphatic imine (C=N–C) groups is 1. The van der Waals surface area contributed by atoms with Gasteiger partial charge in [0.05, 0.1) is 18.1 Å². The van der Waals surface area contributed by atoms with Crippen LogP contribution in [0.15, 0.2) is 23.2 Å². The first-order valence-corrected chi connectivity index (χ1v) is 5.24. The van der Waals surface area contributed by atoms with E-state index in [4.69, 9.17) is 10.5 Å². The number of ether oxygens (including phenoxy) is 1. The van der Waals surface area contributed by atoms with Crippen molar-refractivity contribution >= 4 is 11.7 Å². The molecule has 1 amide bonds. The molecule has 16 heavy (non-hydrogen) atoms. The number of carbonyl (C=O) groups is 1. The van der Waals surface area contributed by atoms with E-state index >= 15 is 0 Å². The van der Waals surface area contributed by atoms with E-state index in [-0.39, 0.29) is 17.8 Å². The van der Waals surface area contributed by atoms with Crippen LogP contribution in [-0.2, 0) is 11.2 Å². The summed E-state index contributed by atoms with van der Waals surface area (Å²) in [6, 6.07) is 5.58. The standard InChI is InChI=1S/C12H14N2O2/c1-7(2)16-9-5-3-4-8-6-10(15)14-12(13)11(8)9/h3-5,7H,6H2,1-2H3,(H2,13,14,15). The van der Waals surface area contributed by atoms with Crippen molar-refractivity contribution < 1.29 is 9.53 Å². The Labute approximate surface area is 94.1 Å². The van der Waals surface area contributed by atoms with E-state index < -0.39 is 0 Å². The lowest BCUT2D eigenvalue weighted by molar-refractivity contribution is -0.117. The number of benzene rings is 1. The zero-order valence-electron chi connectivity index (χ0n) is 9.36. The Morgan fingerprint density at radius 2 is 2.19 bits per heavy atom. The first-order chi connectivity index (χ1) is 7.58. The lowest BCUT2D eigenvalue weighted by Crippen LogP contribution is -2.25. The number of nitrogens with two attached hydrogens (primary N) is 1. The SMILES string of the molecule is CC(C)Oc1cccc2c1C(N)=NC(=O)C2. The third-order valence-corrected chi connectivity index (χ3v) is 2.32. The monoisotopic (exact) mass is 218 g/mol. The van der Waals surface area contributed by atoms with Gasteiger partial charge >= 0.3 is 0 Å². The molecule has 1 heterocycles. The molecular weight excluding hydrogens is 204 g/mol. The van der Waals surface area contributed by atoms with Crippen LogP contribution in [0.25, 0.3) is 0 Å². The Bertz CT molecular complexity index is 464. The summed E-state index contributed by atoms with van der Waals surface area (Å²) in [6.45, 7) is 3.89. The summed E-state index contributed by atoms with van der Waals surface area (Å²) in [5, 5.41) is 0. The molecule has 0 radical (unpaired) electrons. The zero-order chi connectivity index (χ0) is 11.7. The Hall–Kier alpha value is -1.84. The summed E-state index contributed by atoms with van der Waals surface area (Å²) in [5.74, 6) is 0.746. The maximum absolute atomic E-state index is 11.3. The molecule has 0 saturated heterocycles. The van der Waals surface area contributed by atoms with Gasteiger partial charge in [-0.25, -0.2) is 0 Å². The second kappa shape index (κ2) is 3.96. The highest BCUT2D eigenvalue weighted by atomic mass is 16.5. The quantitative estimate of drug-likeness (QED) is 0.812. The van der Waals surface area contributed by atoms with Gasteiger partial charge < -0.3 is 10.5 Å². The molecule has 1 aromatic rings. The largest absolute Gasteiger partial charge is 0.490 e. The number of hydrogen-bond donors (Lipinski definition) is 1. The number of hydrogen-bond acceptors (Lipinski definition) is 3. The third kappa shape index (κ3) is 1.91. The normalized spacial score (nSPS) is 14.7. The molecule has 0 aromatic heterocycles. The van der Waals surface area contributed by atoms with Crippen molar-refractivity contribution in [3.8, 4) is 5.75 Å². The average Bonchev–Trinajstić information content (AvgIpc) is 2.15. The van der Waals surface area contributed by atoms with Gasteiger partial charge in [0.1, 0.15) is 11.6 Å². The number of rotatable bonds is 2. The predicted molar refractivity (Wildman–Crippen MR) is 61.6 cm³/mol. The molecule has 0 aliphatic carbocycles. The number of amidine groups is 1. The summed E-state index contributed by atoms with van der Waals surface area (Å²) in [4.78, 5) is 15.0. The van der Waals surface area contributed by atoms with Crippen LogP contribution >= 0.6 is 0 Å². The molecule has 4 nitrogen and oxygen atoms in total. The second-order valence-electron chi connectivity index (χ2n) is 4.02. The van der Waals surface area contributed by atoms with Crippen LogP contribution in [0.3, 0.4) is 0 Å². The predicted octanol–water partition coefficient (Wildman–Crippen LogP) is 1.26. The van der Waals surface area contributed by atoms with E-state index in [0.29, 0.717) is 12.2 Å². The fraction of sp³-hybridized carbons (Fsp3) is 0.333. The van der Waals surface area contributed by atoms with Crippen molar-refractivity contribution in [1.82, 2.24) is 0 Å². The molecule has 4 heteroatoms. The van der Waals surface area contributed by atoms with Crippen LogP contribution in [0.2, 0.25) is 0 Å². The first kappa shape index (κ1) is 10.7. The van der Waals surface area contributed by atoms with Crippen molar-refractivity contribution in [2.45, 2.75) is 26.4 Å². The van der Waals surface area contributed by atoms with Crippen LogP contribution < -0.4 is 10.5 Å². The Kier molecular flexibility index (Phi) is 2.64. The topological polar surface area (TPSA) is 64.7 Å². The van der Waals surface area contributed by atoms with Gasteiger partial charge in [-0.2, -0.15) is 4.99 Å². The van der Waals surface area contributed by atoms with Gasteiger partial charge in [-0.3, -0.25) is 4.79 Å². The highest BCUT2D eigenvalue weighted by Crippen LogP contribution is 2.26. The Morgan fingerprint density at radius 1 is 1.44 bits per heavy atom. The number of carbonyl (C=O) groups excluding carboxylic acids is 1. The van der Waals surface area contributed by atoms with Gasteiger partial charge in [0.25, 0.3) is 5.91 Å². The molecule has 2 rings (SSSR count). The van der Waals surface area contributed by atoms with Gasteiger partial charge in [-0.05, 0) is 25.5 Å². The molecule has 84 valence electrons. The molecule has 0 saturated carbocycles. The summed E-state index contributed by atoms with van der Waals surface area (Å²) in [6.07, 6.45) is 0.364. The molecule has 0 fully saturated rings. The molecule has 0 bridgehead atoms. The zero-order valence-corrected chi connectivity index (χ0v) is 9.36. The minimum Gasteiger partial charge on any atom is -0.490 e. The first-order valence-electron chi connectivity index (χ1n) is 5.24. The van der Waals surface area contributed by atoms with E-state index in [1.54, 1.807) is 0 Å². The Morgan fingerprint density at radius 3 is 2.88 bits per heavy atom. The molecular formula is C12H14N2O2. The average molecular weight is 218 g/mol. The third-order valence-electron chi connectivity index (χ3n) is 2.32. The molecule has 2 N–H and O–H groups in total. The molecule has 0 atom stereocenters. The van der Waals surface area contributed by atoms with Gasteiger partial charge in [0, 0.05) is 0 Å². The Balaban J connectivity index is 2.49. The van der Waals surface area contributed by atoms with Crippen molar-refractivity contribution in [1.29, 1.82) is 0 Å². The van der Waals surface area contributed by atoms with Crippen LogP contribution in [0.4, 0.5) is 0 Å². The summed E-state index contributed by atoms with van der Waals surface area (Å²) >= 11 is 0. The number of amides is 1. The summed E-state index contributed by atoms with van der Waals surface area (Å²) in [7, 11) is 0. The number of nitrogens with zero attached hydrogens (tertiary/aromatic N) is 1.